The van der Waals surface area contributed by atoms with Crippen LogP contribution in [0.25, 0.3) is 0 Å². The van der Waals surface area contributed by atoms with Crippen LogP contribution < -0.4 is 5.56 Å². The summed E-state index contributed by atoms with van der Waals surface area (Å²) in [6, 6.07) is 1.58. The highest BCUT2D eigenvalue weighted by Crippen LogP contribution is 2.49. The maximum absolute atomic E-state index is 12.8. The van der Waals surface area contributed by atoms with Gasteiger partial charge in [0, 0.05) is 32.0 Å². The molecule has 0 atom stereocenters. The lowest BCUT2D eigenvalue weighted by atomic mass is 9.66. The summed E-state index contributed by atoms with van der Waals surface area (Å²) in [5.41, 5.74) is -1.47. The number of likely N-dealkylation sites (tertiary alicyclic amines) is 1. The van der Waals surface area contributed by atoms with Crippen LogP contribution in [0.15, 0.2) is 23.1 Å². The second-order valence-corrected chi connectivity index (χ2v) is 6.93. The molecule has 1 saturated heterocycles. The first-order valence-corrected chi connectivity index (χ1v) is 8.39. The highest BCUT2D eigenvalue weighted by molar-refractivity contribution is 5.76. The molecule has 1 spiro atoms. The van der Waals surface area contributed by atoms with E-state index >= 15 is 0 Å². The Kier molecular flexibility index (Phi) is 4.66. The molecule has 1 amide bonds. The molecule has 138 valence electrons. The Balaban J connectivity index is 1.63. The number of hydrogen-bond acceptors (Lipinski definition) is 3. The lowest BCUT2D eigenvalue weighted by Gasteiger charge is -2.44. The fourth-order valence-corrected chi connectivity index (χ4v) is 3.81. The molecule has 25 heavy (non-hydrogen) atoms. The zero-order chi connectivity index (χ0) is 18.2. The van der Waals surface area contributed by atoms with E-state index in [0.717, 1.165) is 36.0 Å². The van der Waals surface area contributed by atoms with Crippen molar-refractivity contribution in [1.82, 2.24) is 9.47 Å². The molecule has 0 bridgehead atoms. The average molecular weight is 358 g/mol. The zero-order valence-electron chi connectivity index (χ0n) is 14.0. The first-order chi connectivity index (χ1) is 11.7. The molecular weight excluding hydrogens is 337 g/mol. The first-order valence-electron chi connectivity index (χ1n) is 8.39. The van der Waals surface area contributed by atoms with E-state index in [4.69, 9.17) is 4.74 Å². The van der Waals surface area contributed by atoms with E-state index in [9.17, 15) is 22.8 Å². The van der Waals surface area contributed by atoms with E-state index < -0.39 is 17.3 Å². The lowest BCUT2D eigenvalue weighted by Crippen LogP contribution is -2.45. The van der Waals surface area contributed by atoms with Crippen molar-refractivity contribution in [3.8, 4) is 0 Å². The number of ether oxygens (including phenoxy) is 1. The third kappa shape index (κ3) is 3.73. The second kappa shape index (κ2) is 6.48. The van der Waals surface area contributed by atoms with Crippen LogP contribution in [0.4, 0.5) is 13.2 Å². The molecule has 0 aromatic carbocycles. The minimum absolute atomic E-state index is 0.0777. The van der Waals surface area contributed by atoms with Crippen LogP contribution >= 0.6 is 0 Å². The minimum atomic E-state index is -4.55. The third-order valence-corrected chi connectivity index (χ3v) is 5.13. The molecule has 0 unspecified atom stereocenters. The molecule has 0 N–H and O–H groups in total. The predicted molar refractivity (Wildman–Crippen MR) is 84.0 cm³/mol. The molecule has 1 aliphatic carbocycles. The summed E-state index contributed by atoms with van der Waals surface area (Å²) < 4.78 is 44.7. The summed E-state index contributed by atoms with van der Waals surface area (Å²) >= 11 is 0. The number of nitrogens with zero attached hydrogens (tertiary/aromatic N) is 2. The summed E-state index contributed by atoms with van der Waals surface area (Å²) in [5.74, 6) is -0.321. The van der Waals surface area contributed by atoms with Gasteiger partial charge in [0.25, 0.3) is 5.56 Å². The molecule has 1 aliphatic heterocycles. The smallest absolute Gasteiger partial charge is 0.378 e. The van der Waals surface area contributed by atoms with Gasteiger partial charge >= 0.3 is 6.18 Å². The molecule has 1 saturated carbocycles. The summed E-state index contributed by atoms with van der Waals surface area (Å²) in [7, 11) is 0. The summed E-state index contributed by atoms with van der Waals surface area (Å²) in [6.45, 7) is 3.41. The normalized spacial score (nSPS) is 26.1. The lowest BCUT2D eigenvalue weighted by molar-refractivity contribution is -0.138. The van der Waals surface area contributed by atoms with Crippen LogP contribution in [0.5, 0.6) is 0 Å². The maximum atomic E-state index is 12.8. The van der Waals surface area contributed by atoms with Crippen LogP contribution in [0.2, 0.25) is 0 Å². The van der Waals surface area contributed by atoms with Gasteiger partial charge in [-0.25, -0.2) is 0 Å². The van der Waals surface area contributed by atoms with Crippen molar-refractivity contribution < 1.29 is 22.7 Å². The molecule has 2 fully saturated rings. The third-order valence-electron chi connectivity index (χ3n) is 5.13. The van der Waals surface area contributed by atoms with E-state index in [2.05, 4.69) is 0 Å². The zero-order valence-corrected chi connectivity index (χ0v) is 14.0. The van der Waals surface area contributed by atoms with Gasteiger partial charge in [-0.2, -0.15) is 13.2 Å². The highest BCUT2D eigenvalue weighted by Gasteiger charge is 2.49. The van der Waals surface area contributed by atoms with Crippen molar-refractivity contribution in [1.29, 1.82) is 0 Å². The molecule has 5 nitrogen and oxygen atoms in total. The van der Waals surface area contributed by atoms with Crippen LogP contribution in [0, 0.1) is 5.41 Å². The van der Waals surface area contributed by atoms with Crippen molar-refractivity contribution in [2.24, 2.45) is 5.41 Å². The number of amides is 1. The molecule has 2 heterocycles. The molecule has 1 aromatic rings. The largest absolute Gasteiger partial charge is 0.417 e. The Labute approximate surface area is 143 Å². The van der Waals surface area contributed by atoms with Crippen LogP contribution in [0.3, 0.4) is 0 Å². The van der Waals surface area contributed by atoms with Crippen molar-refractivity contribution in [2.45, 2.75) is 45.0 Å². The number of carbonyl (C=O) groups is 1. The van der Waals surface area contributed by atoms with E-state index in [-0.39, 0.29) is 24.0 Å². The molecular formula is C17H21F3N2O3. The predicted octanol–water partition coefficient (Wildman–Crippen LogP) is 2.28. The van der Waals surface area contributed by atoms with Crippen LogP contribution in [-0.4, -0.2) is 41.2 Å². The van der Waals surface area contributed by atoms with Crippen molar-refractivity contribution in [3.05, 3.63) is 34.2 Å². The molecule has 8 heteroatoms. The Morgan fingerprint density at radius 2 is 2.08 bits per heavy atom. The van der Waals surface area contributed by atoms with Gasteiger partial charge in [0.05, 0.1) is 11.7 Å². The minimum Gasteiger partial charge on any atom is -0.378 e. The molecule has 3 rings (SSSR count). The summed E-state index contributed by atoms with van der Waals surface area (Å²) in [5, 5.41) is 0. The summed E-state index contributed by atoms with van der Waals surface area (Å²) in [4.78, 5) is 25.8. The van der Waals surface area contributed by atoms with Crippen molar-refractivity contribution in [2.75, 3.05) is 19.7 Å². The van der Waals surface area contributed by atoms with Crippen molar-refractivity contribution in [3.63, 3.8) is 0 Å². The van der Waals surface area contributed by atoms with Crippen LogP contribution in [0.1, 0.15) is 31.7 Å². The van der Waals surface area contributed by atoms with Gasteiger partial charge in [-0.15, -0.1) is 0 Å². The van der Waals surface area contributed by atoms with E-state index in [0.29, 0.717) is 25.9 Å². The van der Waals surface area contributed by atoms with Gasteiger partial charge in [-0.05, 0) is 37.7 Å². The number of carbonyl (C=O) groups excluding carboxylic acids is 1. The monoisotopic (exact) mass is 358 g/mol. The number of aromatic nitrogens is 1. The topological polar surface area (TPSA) is 51.5 Å². The fraction of sp³-hybridized carbons (Fsp3) is 0.647. The Morgan fingerprint density at radius 1 is 1.36 bits per heavy atom. The standard InChI is InChI=1S/C17H21F3N2O3/c1-2-25-13-7-16(8-13)5-6-21(11-16)15(24)10-22-9-12(17(18,19)20)3-4-14(22)23/h3-4,9,13H,2,5-8,10-11H2,1H3. The highest BCUT2D eigenvalue weighted by atomic mass is 19.4. The number of pyridine rings is 1. The molecule has 0 radical (unpaired) electrons. The van der Waals surface area contributed by atoms with Crippen molar-refractivity contribution >= 4 is 5.91 Å². The average Bonchev–Trinajstić information content (AvgIpc) is 2.94. The van der Waals surface area contributed by atoms with Gasteiger partial charge < -0.3 is 14.2 Å². The second-order valence-electron chi connectivity index (χ2n) is 6.93. The van der Waals surface area contributed by atoms with Crippen LogP contribution in [-0.2, 0) is 22.3 Å². The number of alkyl halides is 3. The number of rotatable bonds is 4. The van der Waals surface area contributed by atoms with Gasteiger partial charge in [-0.3, -0.25) is 9.59 Å². The quantitative estimate of drug-likeness (QED) is 0.830. The van der Waals surface area contributed by atoms with E-state index in [1.807, 2.05) is 6.92 Å². The first kappa shape index (κ1) is 18.0. The Bertz CT molecular complexity index is 708. The van der Waals surface area contributed by atoms with Gasteiger partial charge in [0.1, 0.15) is 6.54 Å². The van der Waals surface area contributed by atoms with Gasteiger partial charge in [0.2, 0.25) is 5.91 Å². The maximum Gasteiger partial charge on any atom is 0.417 e. The number of halogens is 3. The van der Waals surface area contributed by atoms with E-state index in [1.165, 1.54) is 0 Å². The van der Waals surface area contributed by atoms with Gasteiger partial charge in [0.15, 0.2) is 0 Å². The van der Waals surface area contributed by atoms with E-state index in [1.54, 1.807) is 4.90 Å². The van der Waals surface area contributed by atoms with Gasteiger partial charge in [-0.1, -0.05) is 0 Å². The summed E-state index contributed by atoms with van der Waals surface area (Å²) in [6.07, 6.45) is -0.898. The molecule has 2 aliphatic rings. The Hall–Kier alpha value is -1.83. The Morgan fingerprint density at radius 3 is 2.72 bits per heavy atom. The SMILES string of the molecule is CCOC1CC2(CCN(C(=O)Cn3cc(C(F)(F)F)ccc3=O)C2)C1. The molecule has 1 aromatic heterocycles. The number of hydrogen-bond donors (Lipinski definition) is 0. The fourth-order valence-electron chi connectivity index (χ4n) is 3.81.